The number of ether oxygens (including phenoxy) is 2. The Balaban J connectivity index is 1.99. The summed E-state index contributed by atoms with van der Waals surface area (Å²) >= 11 is 11.7. The van der Waals surface area contributed by atoms with Gasteiger partial charge in [-0.2, -0.15) is 0 Å². The summed E-state index contributed by atoms with van der Waals surface area (Å²) in [6, 6.07) is 2.96. The number of carbonyl (C=O) groups excluding carboxylic acids is 1. The van der Waals surface area contributed by atoms with E-state index in [1.54, 1.807) is 0 Å². The Hall–Kier alpha value is -0.970. The van der Waals surface area contributed by atoms with Gasteiger partial charge in [0.05, 0.1) is 22.9 Å². The molecule has 1 heterocycles. The lowest BCUT2D eigenvalue weighted by atomic mass is 10.0. The fraction of sp³-hybridized carbons (Fsp3) is 0.462. The van der Waals surface area contributed by atoms with E-state index in [9.17, 15) is 4.79 Å². The maximum atomic E-state index is 12.0. The van der Waals surface area contributed by atoms with Gasteiger partial charge in [0.15, 0.2) is 0 Å². The first kappa shape index (κ1) is 14.4. The summed E-state index contributed by atoms with van der Waals surface area (Å²) in [5.74, 6) is -0.151. The highest BCUT2D eigenvalue weighted by Gasteiger charge is 2.19. The summed E-state index contributed by atoms with van der Waals surface area (Å²) < 4.78 is 10.5. The van der Waals surface area contributed by atoms with Crippen molar-refractivity contribution in [2.75, 3.05) is 25.6 Å². The molecule has 19 heavy (non-hydrogen) atoms. The molecule has 0 radical (unpaired) electrons. The highest BCUT2D eigenvalue weighted by atomic mass is 35.5. The minimum absolute atomic E-state index is 0.197. The highest BCUT2D eigenvalue weighted by molar-refractivity contribution is 6.37. The molecule has 4 nitrogen and oxygen atoms in total. The Labute approximate surface area is 121 Å². The van der Waals surface area contributed by atoms with Gasteiger partial charge in [-0.15, -0.1) is 0 Å². The average molecular weight is 304 g/mol. The number of hydrogen-bond acceptors (Lipinski definition) is 4. The number of nitrogens with two attached hydrogens (primary N) is 1. The lowest BCUT2D eigenvalue weighted by Crippen LogP contribution is -2.22. The predicted octanol–water partition coefficient (Wildman–Crippen LogP) is 3.16. The van der Waals surface area contributed by atoms with Crippen molar-refractivity contribution in [2.24, 2.45) is 5.92 Å². The molecule has 0 atom stereocenters. The molecular formula is C13H15Cl2NO3. The molecule has 0 aromatic heterocycles. The Kier molecular flexibility index (Phi) is 4.91. The van der Waals surface area contributed by atoms with Crippen LogP contribution in [0, 0.1) is 5.92 Å². The number of esters is 1. The first-order chi connectivity index (χ1) is 9.08. The zero-order chi connectivity index (χ0) is 13.8. The number of carbonyl (C=O) groups is 1. The zero-order valence-electron chi connectivity index (χ0n) is 10.3. The summed E-state index contributed by atoms with van der Waals surface area (Å²) in [7, 11) is 0. The molecule has 1 fully saturated rings. The van der Waals surface area contributed by atoms with Crippen molar-refractivity contribution < 1.29 is 14.3 Å². The van der Waals surface area contributed by atoms with Gasteiger partial charge >= 0.3 is 5.97 Å². The van der Waals surface area contributed by atoms with Crippen molar-refractivity contribution in [2.45, 2.75) is 12.8 Å². The number of benzene rings is 1. The maximum absolute atomic E-state index is 12.0. The fourth-order valence-corrected chi connectivity index (χ4v) is 2.43. The Morgan fingerprint density at radius 1 is 1.37 bits per heavy atom. The quantitative estimate of drug-likeness (QED) is 0.688. The molecular weight excluding hydrogens is 289 g/mol. The van der Waals surface area contributed by atoms with Crippen molar-refractivity contribution in [1.29, 1.82) is 0 Å². The first-order valence-electron chi connectivity index (χ1n) is 6.07. The first-order valence-corrected chi connectivity index (χ1v) is 6.83. The molecule has 1 aromatic carbocycles. The van der Waals surface area contributed by atoms with Crippen LogP contribution in [0.2, 0.25) is 10.0 Å². The second-order valence-electron chi connectivity index (χ2n) is 4.50. The van der Waals surface area contributed by atoms with E-state index in [2.05, 4.69) is 0 Å². The van der Waals surface area contributed by atoms with Gasteiger partial charge in [0.25, 0.3) is 0 Å². The smallest absolute Gasteiger partial charge is 0.340 e. The monoisotopic (exact) mass is 303 g/mol. The molecule has 0 unspecified atom stereocenters. The largest absolute Gasteiger partial charge is 0.462 e. The van der Waals surface area contributed by atoms with Crippen LogP contribution in [0.3, 0.4) is 0 Å². The van der Waals surface area contributed by atoms with Crippen LogP contribution >= 0.6 is 23.2 Å². The van der Waals surface area contributed by atoms with Gasteiger partial charge in [0.2, 0.25) is 0 Å². The molecule has 1 aliphatic rings. The van der Waals surface area contributed by atoms with Crippen molar-refractivity contribution in [3.8, 4) is 0 Å². The molecule has 2 N–H and O–H groups in total. The maximum Gasteiger partial charge on any atom is 0.340 e. The third-order valence-electron chi connectivity index (χ3n) is 3.11. The van der Waals surface area contributed by atoms with Crippen LogP contribution in [0.25, 0.3) is 0 Å². The number of rotatable bonds is 3. The van der Waals surface area contributed by atoms with E-state index in [0.29, 0.717) is 30.8 Å². The SMILES string of the molecule is Nc1c(Cl)cc(Cl)cc1C(=O)OCC1CCOCC1. The van der Waals surface area contributed by atoms with E-state index in [0.717, 1.165) is 12.8 Å². The molecule has 2 rings (SSSR count). The van der Waals surface area contributed by atoms with Gasteiger partial charge < -0.3 is 15.2 Å². The molecule has 0 amide bonds. The lowest BCUT2D eigenvalue weighted by molar-refractivity contribution is 0.0186. The third kappa shape index (κ3) is 3.75. The highest BCUT2D eigenvalue weighted by Crippen LogP contribution is 2.28. The number of halogens is 2. The van der Waals surface area contributed by atoms with Crippen molar-refractivity contribution >= 4 is 34.9 Å². The fourth-order valence-electron chi connectivity index (χ4n) is 1.94. The molecule has 0 saturated carbocycles. The molecule has 0 aliphatic carbocycles. The van der Waals surface area contributed by atoms with Crippen LogP contribution < -0.4 is 5.73 Å². The third-order valence-corrected chi connectivity index (χ3v) is 3.64. The van der Waals surface area contributed by atoms with Gasteiger partial charge in [-0.25, -0.2) is 4.79 Å². The molecule has 1 saturated heterocycles. The number of anilines is 1. The Bertz CT molecular complexity index is 473. The van der Waals surface area contributed by atoms with E-state index in [4.69, 9.17) is 38.4 Å². The van der Waals surface area contributed by atoms with Crippen molar-refractivity contribution in [3.63, 3.8) is 0 Å². The second kappa shape index (κ2) is 6.46. The van der Waals surface area contributed by atoms with Gasteiger partial charge in [-0.3, -0.25) is 0 Å². The molecule has 6 heteroatoms. The lowest BCUT2D eigenvalue weighted by Gasteiger charge is -2.21. The van der Waals surface area contributed by atoms with Crippen LogP contribution in [-0.4, -0.2) is 25.8 Å². The van der Waals surface area contributed by atoms with Crippen molar-refractivity contribution in [3.05, 3.63) is 27.7 Å². The van der Waals surface area contributed by atoms with Crippen LogP contribution in [0.1, 0.15) is 23.2 Å². The molecule has 1 aromatic rings. The standard InChI is InChI=1S/C13H15Cl2NO3/c14-9-5-10(12(16)11(15)6-9)13(17)19-7-8-1-3-18-4-2-8/h5-6,8H,1-4,7,16H2. The van der Waals surface area contributed by atoms with E-state index < -0.39 is 5.97 Å². The van der Waals surface area contributed by atoms with Gasteiger partial charge in [-0.1, -0.05) is 23.2 Å². The summed E-state index contributed by atoms with van der Waals surface area (Å²) in [6.45, 7) is 1.80. The van der Waals surface area contributed by atoms with Crippen LogP contribution in [-0.2, 0) is 9.47 Å². The normalized spacial score (nSPS) is 16.3. The van der Waals surface area contributed by atoms with Gasteiger partial charge in [-0.05, 0) is 30.9 Å². The Morgan fingerprint density at radius 3 is 2.74 bits per heavy atom. The molecule has 0 spiro atoms. The van der Waals surface area contributed by atoms with Crippen LogP contribution in [0.15, 0.2) is 12.1 Å². The Morgan fingerprint density at radius 2 is 2.05 bits per heavy atom. The number of nitrogen functional groups attached to an aromatic ring is 1. The van der Waals surface area contributed by atoms with Crippen molar-refractivity contribution in [1.82, 2.24) is 0 Å². The summed E-state index contributed by atoms with van der Waals surface area (Å²) in [4.78, 5) is 12.0. The summed E-state index contributed by atoms with van der Waals surface area (Å²) in [6.07, 6.45) is 1.80. The number of hydrogen-bond donors (Lipinski definition) is 1. The summed E-state index contributed by atoms with van der Waals surface area (Å²) in [5, 5.41) is 0.614. The molecule has 0 bridgehead atoms. The average Bonchev–Trinajstić information content (AvgIpc) is 2.41. The topological polar surface area (TPSA) is 61.6 Å². The zero-order valence-corrected chi connectivity index (χ0v) is 11.8. The van der Waals surface area contributed by atoms with Gasteiger partial charge in [0.1, 0.15) is 0 Å². The summed E-state index contributed by atoms with van der Waals surface area (Å²) in [5.41, 5.74) is 6.16. The van der Waals surface area contributed by atoms with Gasteiger partial charge in [0, 0.05) is 18.2 Å². The van der Waals surface area contributed by atoms with Crippen LogP contribution in [0.5, 0.6) is 0 Å². The van der Waals surface area contributed by atoms with E-state index in [1.807, 2.05) is 0 Å². The van der Waals surface area contributed by atoms with E-state index >= 15 is 0 Å². The van der Waals surface area contributed by atoms with E-state index in [-0.39, 0.29) is 16.3 Å². The predicted molar refractivity (Wildman–Crippen MR) is 74.7 cm³/mol. The molecule has 1 aliphatic heterocycles. The van der Waals surface area contributed by atoms with E-state index in [1.165, 1.54) is 12.1 Å². The second-order valence-corrected chi connectivity index (χ2v) is 5.35. The van der Waals surface area contributed by atoms with Crippen LogP contribution in [0.4, 0.5) is 5.69 Å². The minimum Gasteiger partial charge on any atom is -0.462 e. The minimum atomic E-state index is -0.492. The molecule has 104 valence electrons.